The molecule has 0 aliphatic rings. The van der Waals surface area contributed by atoms with Crippen LogP contribution in [0.25, 0.3) is 11.3 Å². The first kappa shape index (κ1) is 18.9. The van der Waals surface area contributed by atoms with Gasteiger partial charge in [-0.05, 0) is 55.8 Å². The first-order chi connectivity index (χ1) is 13.0. The molecule has 27 heavy (non-hydrogen) atoms. The minimum Gasteiger partial charge on any atom is -0.469 e. The summed E-state index contributed by atoms with van der Waals surface area (Å²) in [7, 11) is 0. The SMILES string of the molecule is Cc1cc(C)nc(-c2cccc(C(=O)NC[C@@H](CO)Cc3ccco3)c2)c1. The van der Waals surface area contributed by atoms with Crippen LogP contribution in [0.3, 0.4) is 0 Å². The first-order valence-corrected chi connectivity index (χ1v) is 9.02. The molecular formula is C22H24N2O3. The molecule has 3 aromatic rings. The maximum Gasteiger partial charge on any atom is 0.251 e. The number of aryl methyl sites for hydroxylation is 2. The quantitative estimate of drug-likeness (QED) is 0.672. The van der Waals surface area contributed by atoms with E-state index in [0.717, 1.165) is 28.3 Å². The number of nitrogens with one attached hydrogen (secondary N) is 1. The van der Waals surface area contributed by atoms with Crippen LogP contribution in [0.2, 0.25) is 0 Å². The van der Waals surface area contributed by atoms with Crippen molar-refractivity contribution >= 4 is 5.91 Å². The van der Waals surface area contributed by atoms with Gasteiger partial charge in [0.1, 0.15) is 5.76 Å². The average Bonchev–Trinajstić information content (AvgIpc) is 3.17. The van der Waals surface area contributed by atoms with Crippen LogP contribution >= 0.6 is 0 Å². The maximum atomic E-state index is 12.5. The van der Waals surface area contributed by atoms with Crippen LogP contribution in [0, 0.1) is 19.8 Å². The molecule has 5 nitrogen and oxygen atoms in total. The van der Waals surface area contributed by atoms with E-state index in [1.165, 1.54) is 0 Å². The Morgan fingerprint density at radius 1 is 1.19 bits per heavy atom. The van der Waals surface area contributed by atoms with Gasteiger partial charge in [-0.15, -0.1) is 0 Å². The Hall–Kier alpha value is -2.92. The van der Waals surface area contributed by atoms with Gasteiger partial charge in [-0.3, -0.25) is 9.78 Å². The second kappa shape index (κ2) is 8.64. The van der Waals surface area contributed by atoms with Crippen molar-refractivity contribution in [1.29, 1.82) is 0 Å². The highest BCUT2D eigenvalue weighted by molar-refractivity contribution is 5.95. The van der Waals surface area contributed by atoms with Crippen molar-refractivity contribution in [3.05, 3.63) is 77.4 Å². The second-order valence-corrected chi connectivity index (χ2v) is 6.79. The Kier molecular flexibility index (Phi) is 6.04. The van der Waals surface area contributed by atoms with Gasteiger partial charge in [-0.25, -0.2) is 0 Å². The van der Waals surface area contributed by atoms with Gasteiger partial charge in [0.05, 0.1) is 12.0 Å². The van der Waals surface area contributed by atoms with E-state index in [2.05, 4.69) is 10.3 Å². The zero-order valence-electron chi connectivity index (χ0n) is 15.6. The van der Waals surface area contributed by atoms with Crippen LogP contribution in [0.5, 0.6) is 0 Å². The standard InChI is InChI=1S/C22H24N2O3/c1-15-9-16(2)24-21(10-15)18-5-3-6-19(12-18)22(26)23-13-17(14-25)11-20-7-4-8-27-20/h3-10,12,17,25H,11,13-14H2,1-2H3,(H,23,26)/t17-/m0/s1. The Balaban J connectivity index is 1.68. The van der Waals surface area contributed by atoms with E-state index < -0.39 is 0 Å². The number of aliphatic hydroxyl groups excluding tert-OH is 1. The average molecular weight is 364 g/mol. The molecule has 1 atom stereocenters. The number of rotatable bonds is 7. The van der Waals surface area contributed by atoms with Gasteiger partial charge in [-0.1, -0.05) is 12.1 Å². The van der Waals surface area contributed by atoms with Gasteiger partial charge in [0.15, 0.2) is 0 Å². The van der Waals surface area contributed by atoms with Gasteiger partial charge in [0, 0.05) is 42.3 Å². The molecule has 2 N–H and O–H groups in total. The molecule has 0 bridgehead atoms. The molecule has 0 aliphatic heterocycles. The van der Waals surface area contributed by atoms with Gasteiger partial charge in [-0.2, -0.15) is 0 Å². The third-order valence-electron chi connectivity index (χ3n) is 4.40. The number of hydrogen-bond acceptors (Lipinski definition) is 4. The fourth-order valence-electron chi connectivity index (χ4n) is 3.06. The third-order valence-corrected chi connectivity index (χ3v) is 4.40. The Morgan fingerprint density at radius 3 is 2.74 bits per heavy atom. The molecule has 0 saturated heterocycles. The lowest BCUT2D eigenvalue weighted by atomic mass is 10.0. The Bertz CT molecular complexity index is 883. The molecule has 2 aromatic heterocycles. The van der Waals surface area contributed by atoms with E-state index in [9.17, 15) is 9.90 Å². The summed E-state index contributed by atoms with van der Waals surface area (Å²) in [6, 6.07) is 15.1. The number of carbonyl (C=O) groups excluding carboxylic acids is 1. The summed E-state index contributed by atoms with van der Waals surface area (Å²) in [6.45, 7) is 4.35. The number of furan rings is 1. The molecule has 5 heteroatoms. The van der Waals surface area contributed by atoms with Crippen LogP contribution in [-0.2, 0) is 6.42 Å². The fourth-order valence-corrected chi connectivity index (χ4v) is 3.06. The van der Waals surface area contributed by atoms with Crippen molar-refractivity contribution in [2.45, 2.75) is 20.3 Å². The maximum absolute atomic E-state index is 12.5. The van der Waals surface area contributed by atoms with Crippen LogP contribution < -0.4 is 5.32 Å². The lowest BCUT2D eigenvalue weighted by molar-refractivity contribution is 0.0939. The molecule has 3 rings (SSSR count). The van der Waals surface area contributed by atoms with Gasteiger partial charge >= 0.3 is 0 Å². The number of hydrogen-bond donors (Lipinski definition) is 2. The minimum atomic E-state index is -0.167. The van der Waals surface area contributed by atoms with E-state index in [-0.39, 0.29) is 18.4 Å². The van der Waals surface area contributed by atoms with Crippen molar-refractivity contribution in [3.8, 4) is 11.3 Å². The molecule has 0 unspecified atom stereocenters. The zero-order chi connectivity index (χ0) is 19.2. The molecular weight excluding hydrogens is 340 g/mol. The zero-order valence-corrected chi connectivity index (χ0v) is 15.6. The molecule has 0 radical (unpaired) electrons. The van der Waals surface area contributed by atoms with Crippen molar-refractivity contribution in [2.24, 2.45) is 5.92 Å². The summed E-state index contributed by atoms with van der Waals surface area (Å²) in [5.41, 5.74) is 4.42. The monoisotopic (exact) mass is 364 g/mol. The summed E-state index contributed by atoms with van der Waals surface area (Å²) in [5.74, 6) is 0.537. The number of amides is 1. The Morgan fingerprint density at radius 2 is 2.04 bits per heavy atom. The van der Waals surface area contributed by atoms with Gasteiger partial charge < -0.3 is 14.8 Å². The smallest absolute Gasteiger partial charge is 0.251 e. The summed E-state index contributed by atoms with van der Waals surface area (Å²) >= 11 is 0. The summed E-state index contributed by atoms with van der Waals surface area (Å²) in [6.07, 6.45) is 2.19. The Labute approximate surface area is 159 Å². The molecule has 0 saturated carbocycles. The summed E-state index contributed by atoms with van der Waals surface area (Å²) < 4.78 is 5.31. The summed E-state index contributed by atoms with van der Waals surface area (Å²) in [4.78, 5) is 17.1. The van der Waals surface area contributed by atoms with Gasteiger partial charge in [0.2, 0.25) is 0 Å². The molecule has 0 aliphatic carbocycles. The van der Waals surface area contributed by atoms with E-state index in [1.54, 1.807) is 12.3 Å². The normalized spacial score (nSPS) is 12.0. The molecule has 0 spiro atoms. The van der Waals surface area contributed by atoms with Crippen molar-refractivity contribution in [3.63, 3.8) is 0 Å². The topological polar surface area (TPSA) is 75.4 Å². The number of pyridine rings is 1. The largest absolute Gasteiger partial charge is 0.469 e. The number of aromatic nitrogens is 1. The predicted octanol–water partition coefficient (Wildman–Crippen LogP) is 3.54. The molecule has 1 aromatic carbocycles. The van der Waals surface area contributed by atoms with E-state index >= 15 is 0 Å². The van der Waals surface area contributed by atoms with Crippen LogP contribution in [0.15, 0.2) is 59.2 Å². The van der Waals surface area contributed by atoms with E-state index in [4.69, 9.17) is 4.42 Å². The van der Waals surface area contributed by atoms with E-state index in [0.29, 0.717) is 18.5 Å². The molecule has 140 valence electrons. The highest BCUT2D eigenvalue weighted by atomic mass is 16.3. The molecule has 2 heterocycles. The van der Waals surface area contributed by atoms with Crippen molar-refractivity contribution < 1.29 is 14.3 Å². The number of nitrogens with zero attached hydrogens (tertiary/aromatic N) is 1. The highest BCUT2D eigenvalue weighted by Crippen LogP contribution is 2.20. The number of aliphatic hydroxyl groups is 1. The highest BCUT2D eigenvalue weighted by Gasteiger charge is 2.14. The first-order valence-electron chi connectivity index (χ1n) is 9.02. The van der Waals surface area contributed by atoms with Crippen LogP contribution in [0.1, 0.15) is 27.4 Å². The molecule has 1 amide bonds. The lowest BCUT2D eigenvalue weighted by Gasteiger charge is -2.14. The van der Waals surface area contributed by atoms with Crippen molar-refractivity contribution in [1.82, 2.24) is 10.3 Å². The van der Waals surface area contributed by atoms with Crippen molar-refractivity contribution in [2.75, 3.05) is 13.2 Å². The number of benzene rings is 1. The summed E-state index contributed by atoms with van der Waals surface area (Å²) in [5, 5.41) is 12.5. The second-order valence-electron chi connectivity index (χ2n) is 6.79. The van der Waals surface area contributed by atoms with Crippen LogP contribution in [-0.4, -0.2) is 29.1 Å². The predicted molar refractivity (Wildman–Crippen MR) is 104 cm³/mol. The van der Waals surface area contributed by atoms with Gasteiger partial charge in [0.25, 0.3) is 5.91 Å². The third kappa shape index (κ3) is 5.05. The lowest BCUT2D eigenvalue weighted by Crippen LogP contribution is -2.31. The minimum absolute atomic E-state index is 0.0203. The van der Waals surface area contributed by atoms with Crippen LogP contribution in [0.4, 0.5) is 0 Å². The molecule has 0 fully saturated rings. The number of carbonyl (C=O) groups is 1. The fraction of sp³-hybridized carbons (Fsp3) is 0.273. The van der Waals surface area contributed by atoms with E-state index in [1.807, 2.05) is 56.3 Å².